The lowest BCUT2D eigenvalue weighted by Crippen LogP contribution is -2.42. The Morgan fingerprint density at radius 1 is 1.41 bits per heavy atom. The summed E-state index contributed by atoms with van der Waals surface area (Å²) >= 11 is 0. The van der Waals surface area contributed by atoms with Crippen molar-refractivity contribution in [3.8, 4) is 0 Å². The average molecular weight is 239 g/mol. The zero-order valence-corrected chi connectivity index (χ0v) is 9.20. The van der Waals surface area contributed by atoms with E-state index in [-0.39, 0.29) is 18.0 Å². The van der Waals surface area contributed by atoms with Crippen molar-refractivity contribution < 1.29 is 19.4 Å². The number of hydrogen-bond acceptors (Lipinski definition) is 4. The van der Waals surface area contributed by atoms with Gasteiger partial charge in [-0.05, 0) is 0 Å². The molecule has 0 bridgehead atoms. The van der Waals surface area contributed by atoms with E-state index in [4.69, 9.17) is 9.84 Å². The van der Waals surface area contributed by atoms with Crippen LogP contribution in [0.5, 0.6) is 0 Å². The Bertz CT molecular complexity index is 423. The Labute approximate surface area is 97.6 Å². The van der Waals surface area contributed by atoms with Gasteiger partial charge in [0.15, 0.2) is 0 Å². The lowest BCUT2D eigenvalue weighted by Gasteiger charge is -2.26. The maximum Gasteiger partial charge on any atom is 0.338 e. The van der Waals surface area contributed by atoms with Crippen molar-refractivity contribution in [3.63, 3.8) is 0 Å². The van der Waals surface area contributed by atoms with Crippen molar-refractivity contribution in [2.75, 3.05) is 26.3 Å². The third kappa shape index (κ3) is 2.82. The summed E-state index contributed by atoms with van der Waals surface area (Å²) in [6.45, 7) is 2.31. The molecule has 0 aliphatic carbocycles. The first-order valence-electron chi connectivity index (χ1n) is 5.28. The fourth-order valence-electron chi connectivity index (χ4n) is 1.61. The molecule has 1 aromatic heterocycles. The fourth-order valence-corrected chi connectivity index (χ4v) is 1.61. The third-order valence-corrected chi connectivity index (χ3v) is 2.54. The molecule has 17 heavy (non-hydrogen) atoms. The molecule has 1 aliphatic rings. The molecule has 0 aromatic carbocycles. The van der Waals surface area contributed by atoms with Gasteiger partial charge in [-0.15, -0.1) is 0 Å². The molecule has 1 aliphatic heterocycles. The van der Waals surface area contributed by atoms with Gasteiger partial charge in [0.25, 0.3) is 0 Å². The number of ether oxygens (including phenoxy) is 1. The minimum Gasteiger partial charge on any atom is -0.478 e. The summed E-state index contributed by atoms with van der Waals surface area (Å²) in [7, 11) is 0. The van der Waals surface area contributed by atoms with E-state index in [2.05, 4.69) is 5.10 Å². The van der Waals surface area contributed by atoms with Crippen LogP contribution in [0.25, 0.3) is 0 Å². The van der Waals surface area contributed by atoms with Gasteiger partial charge in [0.05, 0.1) is 25.0 Å². The fraction of sp³-hybridized carbons (Fsp3) is 0.500. The molecule has 2 heterocycles. The van der Waals surface area contributed by atoms with Crippen LogP contribution >= 0.6 is 0 Å². The van der Waals surface area contributed by atoms with Gasteiger partial charge in [-0.1, -0.05) is 0 Å². The van der Waals surface area contributed by atoms with Gasteiger partial charge in [0, 0.05) is 19.3 Å². The van der Waals surface area contributed by atoms with Gasteiger partial charge in [-0.25, -0.2) is 4.79 Å². The highest BCUT2D eigenvalue weighted by Crippen LogP contribution is 2.01. The average Bonchev–Trinajstić information content (AvgIpc) is 2.79. The van der Waals surface area contributed by atoms with E-state index < -0.39 is 5.97 Å². The number of hydrogen-bond donors (Lipinski definition) is 1. The van der Waals surface area contributed by atoms with Crippen LogP contribution in [0.15, 0.2) is 12.4 Å². The van der Waals surface area contributed by atoms with E-state index in [1.807, 2.05) is 0 Å². The van der Waals surface area contributed by atoms with E-state index in [1.54, 1.807) is 4.90 Å². The smallest absolute Gasteiger partial charge is 0.338 e. The molecule has 1 fully saturated rings. The van der Waals surface area contributed by atoms with Gasteiger partial charge in [0.2, 0.25) is 5.91 Å². The topological polar surface area (TPSA) is 84.7 Å². The Kier molecular flexibility index (Phi) is 3.38. The van der Waals surface area contributed by atoms with Crippen molar-refractivity contribution in [1.29, 1.82) is 0 Å². The van der Waals surface area contributed by atoms with E-state index in [9.17, 15) is 9.59 Å². The molecule has 2 rings (SSSR count). The van der Waals surface area contributed by atoms with Crippen LogP contribution in [-0.2, 0) is 16.1 Å². The summed E-state index contributed by atoms with van der Waals surface area (Å²) in [6, 6.07) is 0. The quantitative estimate of drug-likeness (QED) is 0.764. The summed E-state index contributed by atoms with van der Waals surface area (Å²) in [5.41, 5.74) is 0.0831. The van der Waals surface area contributed by atoms with Crippen molar-refractivity contribution in [2.24, 2.45) is 0 Å². The van der Waals surface area contributed by atoms with Crippen LogP contribution in [0.4, 0.5) is 0 Å². The standard InChI is InChI=1S/C10H13N3O4/c14-9(12-1-3-17-4-2-12)7-13-6-8(5-11-13)10(15)16/h5-6H,1-4,7H2,(H,15,16). The molecular formula is C10H13N3O4. The van der Waals surface area contributed by atoms with Crippen molar-refractivity contribution in [3.05, 3.63) is 18.0 Å². The second-order valence-electron chi connectivity index (χ2n) is 3.72. The summed E-state index contributed by atoms with van der Waals surface area (Å²) < 4.78 is 6.48. The minimum atomic E-state index is -1.05. The molecule has 1 aromatic rings. The monoisotopic (exact) mass is 239 g/mol. The number of carboxylic acid groups (broad SMARTS) is 1. The van der Waals surface area contributed by atoms with E-state index >= 15 is 0 Å². The molecule has 0 saturated carbocycles. The highest BCUT2D eigenvalue weighted by Gasteiger charge is 2.17. The minimum absolute atomic E-state index is 0.0628. The SMILES string of the molecule is O=C(O)c1cnn(CC(=O)N2CCOCC2)c1. The molecule has 7 heteroatoms. The van der Waals surface area contributed by atoms with E-state index in [1.165, 1.54) is 17.1 Å². The second kappa shape index (κ2) is 4.96. The molecule has 0 radical (unpaired) electrons. The van der Waals surface area contributed by atoms with Gasteiger partial charge >= 0.3 is 5.97 Å². The predicted octanol–water partition coefficient (Wildman–Crippen LogP) is -0.560. The number of carbonyl (C=O) groups is 2. The number of carboxylic acids is 1. The number of aromatic carboxylic acids is 1. The van der Waals surface area contributed by atoms with Crippen LogP contribution in [0.3, 0.4) is 0 Å². The van der Waals surface area contributed by atoms with Crippen molar-refractivity contribution in [1.82, 2.24) is 14.7 Å². The Hall–Kier alpha value is -1.89. The second-order valence-corrected chi connectivity index (χ2v) is 3.72. The van der Waals surface area contributed by atoms with Gasteiger partial charge in [-0.2, -0.15) is 5.10 Å². The summed E-state index contributed by atoms with van der Waals surface area (Å²) in [5.74, 6) is -1.12. The number of amides is 1. The number of aromatic nitrogens is 2. The summed E-state index contributed by atoms with van der Waals surface area (Å²) in [6.07, 6.45) is 2.58. The lowest BCUT2D eigenvalue weighted by molar-refractivity contribution is -0.136. The number of morpholine rings is 1. The largest absolute Gasteiger partial charge is 0.478 e. The summed E-state index contributed by atoms with van der Waals surface area (Å²) in [5, 5.41) is 12.5. The van der Waals surface area contributed by atoms with E-state index in [0.717, 1.165) is 0 Å². The molecule has 92 valence electrons. The molecule has 0 unspecified atom stereocenters. The van der Waals surface area contributed by atoms with Gasteiger partial charge in [-0.3, -0.25) is 9.48 Å². The highest BCUT2D eigenvalue weighted by molar-refractivity contribution is 5.87. The molecular weight excluding hydrogens is 226 g/mol. The summed E-state index contributed by atoms with van der Waals surface area (Å²) in [4.78, 5) is 24.1. The lowest BCUT2D eigenvalue weighted by atomic mass is 10.4. The number of nitrogens with zero attached hydrogens (tertiary/aromatic N) is 3. The maximum atomic E-state index is 11.8. The first-order chi connectivity index (χ1) is 8.16. The zero-order valence-electron chi connectivity index (χ0n) is 9.20. The van der Waals surface area contributed by atoms with E-state index in [0.29, 0.717) is 26.3 Å². The molecule has 7 nitrogen and oxygen atoms in total. The van der Waals surface area contributed by atoms with Crippen molar-refractivity contribution >= 4 is 11.9 Å². The zero-order chi connectivity index (χ0) is 12.3. The van der Waals surface area contributed by atoms with Gasteiger partial charge in [0.1, 0.15) is 6.54 Å². The van der Waals surface area contributed by atoms with Crippen LogP contribution < -0.4 is 0 Å². The molecule has 1 amide bonds. The Morgan fingerprint density at radius 3 is 2.71 bits per heavy atom. The number of rotatable bonds is 3. The first kappa shape index (κ1) is 11.6. The maximum absolute atomic E-state index is 11.8. The highest BCUT2D eigenvalue weighted by atomic mass is 16.5. The van der Waals surface area contributed by atoms with Crippen LogP contribution in [0.1, 0.15) is 10.4 Å². The number of carbonyl (C=O) groups excluding carboxylic acids is 1. The Morgan fingerprint density at radius 2 is 2.12 bits per heavy atom. The van der Waals surface area contributed by atoms with Crippen LogP contribution in [-0.4, -0.2) is 58.0 Å². The first-order valence-corrected chi connectivity index (χ1v) is 5.28. The van der Waals surface area contributed by atoms with Crippen LogP contribution in [0.2, 0.25) is 0 Å². The normalized spacial score (nSPS) is 15.9. The molecule has 0 spiro atoms. The van der Waals surface area contributed by atoms with Gasteiger partial charge < -0.3 is 14.7 Å². The third-order valence-electron chi connectivity index (χ3n) is 2.54. The molecule has 1 saturated heterocycles. The molecule has 1 N–H and O–H groups in total. The van der Waals surface area contributed by atoms with Crippen LogP contribution in [0, 0.1) is 0 Å². The Balaban J connectivity index is 1.94. The van der Waals surface area contributed by atoms with Crippen molar-refractivity contribution in [2.45, 2.75) is 6.54 Å². The molecule has 0 atom stereocenters. The predicted molar refractivity (Wildman–Crippen MR) is 56.6 cm³/mol.